The van der Waals surface area contributed by atoms with Crippen molar-refractivity contribution in [2.45, 2.75) is 0 Å². The summed E-state index contributed by atoms with van der Waals surface area (Å²) in [5.41, 5.74) is 0. The molecule has 0 amide bonds. The predicted molar refractivity (Wildman–Crippen MR) is 20.7 cm³/mol. The first-order chi connectivity index (χ1) is 3.72. The van der Waals surface area contributed by atoms with Crippen LogP contribution in [0.2, 0.25) is 0 Å². The van der Waals surface area contributed by atoms with Gasteiger partial charge in [-0.05, 0) is 0 Å². The fourth-order valence-corrected chi connectivity index (χ4v) is 0.246. The van der Waals surface area contributed by atoms with Gasteiger partial charge in [-0.1, -0.05) is 4.68 Å². The van der Waals surface area contributed by atoms with Gasteiger partial charge >= 0.3 is 11.8 Å². The molecule has 2 N–H and O–H groups in total. The Bertz CT molecular complexity index is 239. The van der Waals surface area contributed by atoms with Crippen molar-refractivity contribution in [2.75, 3.05) is 0 Å². The summed E-state index contributed by atoms with van der Waals surface area (Å²) in [6, 6.07) is 0. The van der Waals surface area contributed by atoms with E-state index in [1.165, 1.54) is 0 Å². The predicted octanol–water partition coefficient (Wildman–Crippen LogP) is -0.704. The van der Waals surface area contributed by atoms with Gasteiger partial charge in [0, 0.05) is 0 Å². The summed E-state index contributed by atoms with van der Waals surface area (Å²) < 4.78 is 4.18. The lowest BCUT2D eigenvalue weighted by atomic mass is 11.1. The molecule has 0 saturated heterocycles. The third kappa shape index (κ3) is 0.427. The van der Waals surface area contributed by atoms with Crippen molar-refractivity contribution in [3.8, 4) is 0 Å². The molecule has 0 aliphatic carbocycles. The molecule has 0 aromatic carbocycles. The lowest BCUT2D eigenvalue weighted by Gasteiger charge is -1.95. The number of carboxylic acid groups (broad SMARTS) is 1. The first-order valence-corrected chi connectivity index (χ1v) is 1.71. The van der Waals surface area contributed by atoms with Crippen molar-refractivity contribution in [2.24, 2.45) is 0 Å². The molecular weight excluding hydrogens is 116 g/mol. The van der Waals surface area contributed by atoms with Crippen LogP contribution >= 0.6 is 0 Å². The van der Waals surface area contributed by atoms with Crippen LogP contribution in [-0.4, -0.2) is 21.2 Å². The van der Waals surface area contributed by atoms with E-state index in [1.54, 1.807) is 5.27 Å². The number of hydrogen-bond acceptors (Lipinski definition) is 3. The van der Waals surface area contributed by atoms with Crippen LogP contribution in [0.1, 0.15) is 0 Å². The van der Waals surface area contributed by atoms with Crippen LogP contribution in [0.4, 0.5) is 4.79 Å². The van der Waals surface area contributed by atoms with Crippen LogP contribution < -0.4 is 5.76 Å². The van der Waals surface area contributed by atoms with Gasteiger partial charge in [-0.2, -0.15) is 0 Å². The summed E-state index contributed by atoms with van der Waals surface area (Å²) in [6.07, 6.45) is -1.37. The topological polar surface area (TPSA) is 88.2 Å². The van der Waals surface area contributed by atoms with Gasteiger partial charge < -0.3 is 9.63 Å². The Morgan fingerprint density at radius 2 is 2.50 bits per heavy atom. The molecule has 0 unspecified atom stereocenters. The molecule has 1 aromatic heterocycles. The molecule has 0 saturated carbocycles. The van der Waals surface area contributed by atoms with Gasteiger partial charge in [0.05, 0.1) is 0 Å². The molecule has 6 nitrogen and oxygen atoms in total. The summed E-state index contributed by atoms with van der Waals surface area (Å²) in [5.74, 6) is -0.905. The SMILES string of the molecule is O=C(O)n1[nH]oc1=O. The number of nitrogens with one attached hydrogen (secondary N) is 1. The Labute approximate surface area is 42.3 Å². The number of aromatic nitrogens is 2. The number of nitrogens with zero attached hydrogens (tertiary/aromatic N) is 1. The van der Waals surface area contributed by atoms with Gasteiger partial charge in [0.2, 0.25) is 0 Å². The summed E-state index contributed by atoms with van der Waals surface area (Å²) >= 11 is 0. The largest absolute Gasteiger partial charge is 0.466 e. The zero-order chi connectivity index (χ0) is 6.15. The molecule has 8 heavy (non-hydrogen) atoms. The minimum Gasteiger partial charge on any atom is -0.463 e. The Balaban J connectivity index is 3.01. The van der Waals surface area contributed by atoms with Crippen molar-refractivity contribution < 1.29 is 14.4 Å². The summed E-state index contributed by atoms with van der Waals surface area (Å²) in [5, 5.41) is 9.75. The second-order valence-corrected chi connectivity index (χ2v) is 1.08. The van der Waals surface area contributed by atoms with E-state index in [4.69, 9.17) is 5.11 Å². The maximum absolute atomic E-state index is 9.93. The van der Waals surface area contributed by atoms with Crippen LogP contribution in [0.15, 0.2) is 9.32 Å². The molecule has 0 bridgehead atoms. The Morgan fingerprint density at radius 1 is 1.88 bits per heavy atom. The second-order valence-electron chi connectivity index (χ2n) is 1.08. The van der Waals surface area contributed by atoms with E-state index >= 15 is 0 Å². The maximum Gasteiger partial charge on any atom is 0.466 e. The van der Waals surface area contributed by atoms with Crippen molar-refractivity contribution in [3.63, 3.8) is 0 Å². The Kier molecular flexibility index (Phi) is 0.736. The van der Waals surface area contributed by atoms with Crippen molar-refractivity contribution >= 4 is 6.09 Å². The molecule has 1 aromatic rings. The van der Waals surface area contributed by atoms with Crippen LogP contribution in [0, 0.1) is 0 Å². The van der Waals surface area contributed by atoms with Gasteiger partial charge in [0.15, 0.2) is 0 Å². The quantitative estimate of drug-likeness (QED) is 0.471. The third-order valence-electron chi connectivity index (χ3n) is 0.598. The fraction of sp³-hybridized carbons (Fsp3) is 0. The molecule has 0 aliphatic rings. The maximum atomic E-state index is 9.93. The van der Waals surface area contributed by atoms with E-state index in [0.29, 0.717) is 4.68 Å². The first-order valence-electron chi connectivity index (χ1n) is 1.71. The highest BCUT2D eigenvalue weighted by Gasteiger charge is 2.07. The monoisotopic (exact) mass is 118 g/mol. The second kappa shape index (κ2) is 1.25. The van der Waals surface area contributed by atoms with Crippen molar-refractivity contribution in [1.29, 1.82) is 0 Å². The average Bonchev–Trinajstić information content (AvgIpc) is 1.61. The van der Waals surface area contributed by atoms with Gasteiger partial charge in [-0.3, -0.25) is 0 Å². The fourth-order valence-electron chi connectivity index (χ4n) is 0.246. The molecule has 0 fully saturated rings. The minimum absolute atomic E-state index is 0.319. The smallest absolute Gasteiger partial charge is 0.463 e. The first kappa shape index (κ1) is 4.69. The standard InChI is InChI=1S/C2H2N2O4/c5-1(6)4-2(7)8-3-4/h3H,(H,5,6). The number of H-pyrrole nitrogens is 1. The highest BCUT2D eigenvalue weighted by atomic mass is 16.6. The molecule has 0 aliphatic heterocycles. The molecule has 6 heteroatoms. The minimum atomic E-state index is -1.37. The van der Waals surface area contributed by atoms with Crippen molar-refractivity contribution in [3.05, 3.63) is 10.6 Å². The molecular formula is C2H2N2O4. The molecule has 0 atom stereocenters. The number of aromatic amines is 1. The van der Waals surface area contributed by atoms with Crippen LogP contribution in [0.5, 0.6) is 0 Å². The normalized spacial score (nSPS) is 9.50. The zero-order valence-electron chi connectivity index (χ0n) is 3.62. The van der Waals surface area contributed by atoms with E-state index in [0.717, 1.165) is 0 Å². The van der Waals surface area contributed by atoms with Crippen LogP contribution in [0.3, 0.4) is 0 Å². The van der Waals surface area contributed by atoms with E-state index in [2.05, 4.69) is 4.52 Å². The highest BCUT2D eigenvalue weighted by Crippen LogP contribution is 1.70. The van der Waals surface area contributed by atoms with E-state index < -0.39 is 11.8 Å². The van der Waals surface area contributed by atoms with Crippen molar-refractivity contribution in [1.82, 2.24) is 9.95 Å². The van der Waals surface area contributed by atoms with Gasteiger partial charge in [0.1, 0.15) is 0 Å². The van der Waals surface area contributed by atoms with E-state index in [1.807, 2.05) is 0 Å². The lowest BCUT2D eigenvalue weighted by Crippen LogP contribution is -2.32. The summed E-state index contributed by atoms with van der Waals surface area (Å²) in [4.78, 5) is 19.7. The highest BCUT2D eigenvalue weighted by molar-refractivity contribution is 5.65. The van der Waals surface area contributed by atoms with Gasteiger partial charge in [0.25, 0.3) is 0 Å². The van der Waals surface area contributed by atoms with E-state index in [9.17, 15) is 9.59 Å². The zero-order valence-corrected chi connectivity index (χ0v) is 3.62. The Morgan fingerprint density at radius 3 is 2.50 bits per heavy atom. The molecule has 0 spiro atoms. The molecule has 44 valence electrons. The molecule has 1 rings (SSSR count). The number of carbonyl (C=O) groups is 1. The molecule has 1 heterocycles. The molecule has 0 radical (unpaired) electrons. The Hall–Kier alpha value is -1.46. The third-order valence-corrected chi connectivity index (χ3v) is 0.598. The number of rotatable bonds is 0. The van der Waals surface area contributed by atoms with Crippen LogP contribution in [-0.2, 0) is 0 Å². The van der Waals surface area contributed by atoms with Gasteiger partial charge in [-0.15, -0.1) is 5.27 Å². The van der Waals surface area contributed by atoms with Crippen LogP contribution in [0.25, 0.3) is 0 Å². The summed E-state index contributed by atoms with van der Waals surface area (Å²) in [6.45, 7) is 0. The number of hydrogen-bond donors (Lipinski definition) is 2. The summed E-state index contributed by atoms with van der Waals surface area (Å²) in [7, 11) is 0. The van der Waals surface area contributed by atoms with Gasteiger partial charge in [-0.25, -0.2) is 9.59 Å². The van der Waals surface area contributed by atoms with E-state index in [-0.39, 0.29) is 0 Å². The average molecular weight is 118 g/mol. The lowest BCUT2D eigenvalue weighted by molar-refractivity contribution is 0.138.